The van der Waals surface area contributed by atoms with Crippen molar-refractivity contribution in [3.05, 3.63) is 124 Å². The fourth-order valence-corrected chi connectivity index (χ4v) is 6.55. The Morgan fingerprint density at radius 1 is 1.08 bits per heavy atom. The van der Waals surface area contributed by atoms with E-state index in [1.165, 1.54) is 22.3 Å². The van der Waals surface area contributed by atoms with Crippen molar-refractivity contribution >= 4 is 35.8 Å². The van der Waals surface area contributed by atoms with Crippen LogP contribution in [0.5, 0.6) is 0 Å². The molecule has 0 aromatic heterocycles. The maximum atomic E-state index is 13.9. The molecule has 1 amide bonds. The molecule has 1 aliphatic carbocycles. The number of hydrogen-bond acceptors (Lipinski definition) is 6. The SMILES string of the molecule is C=Cc1ccccc1/C(=C\C)CN(Cc1ccccc1B(O)O)CC(OCC1C(/C=C\C)=C(CCC)C(=C/C)/C1=C\C)C(=O)N=C(C)CN.CC. The fourth-order valence-electron chi connectivity index (χ4n) is 6.55. The molecule has 0 aliphatic heterocycles. The first-order valence-corrected chi connectivity index (χ1v) is 18.3. The van der Waals surface area contributed by atoms with E-state index in [4.69, 9.17) is 10.5 Å². The van der Waals surface area contributed by atoms with Crippen molar-refractivity contribution in [1.82, 2.24) is 4.90 Å². The number of nitrogens with two attached hydrogens (primary N) is 1. The van der Waals surface area contributed by atoms with Gasteiger partial charge in [0.1, 0.15) is 0 Å². The lowest BCUT2D eigenvalue weighted by Gasteiger charge is -2.29. The Labute approximate surface area is 307 Å². The Kier molecular flexibility index (Phi) is 19.3. The number of aliphatic imine (C=N–C) groups is 1. The van der Waals surface area contributed by atoms with Crippen molar-refractivity contribution in [3.8, 4) is 0 Å². The van der Waals surface area contributed by atoms with Gasteiger partial charge in [-0.25, -0.2) is 4.99 Å². The molecule has 2 aromatic rings. The number of ether oxygens (including phenoxy) is 1. The third-order valence-electron chi connectivity index (χ3n) is 8.94. The maximum absolute atomic E-state index is 13.9. The summed E-state index contributed by atoms with van der Waals surface area (Å²) < 4.78 is 6.66. The van der Waals surface area contributed by atoms with Crippen LogP contribution in [0.2, 0.25) is 0 Å². The van der Waals surface area contributed by atoms with Gasteiger partial charge < -0.3 is 20.5 Å². The molecule has 4 N–H and O–H groups in total. The summed E-state index contributed by atoms with van der Waals surface area (Å²) in [5, 5.41) is 20.4. The molecule has 51 heavy (non-hydrogen) atoms. The van der Waals surface area contributed by atoms with E-state index in [9.17, 15) is 14.8 Å². The molecule has 2 aromatic carbocycles. The van der Waals surface area contributed by atoms with Crippen LogP contribution in [0.25, 0.3) is 11.6 Å². The summed E-state index contributed by atoms with van der Waals surface area (Å²) in [6.45, 7) is 21.6. The quantitative estimate of drug-likeness (QED) is 0.117. The Morgan fingerprint density at radius 3 is 2.35 bits per heavy atom. The van der Waals surface area contributed by atoms with E-state index in [2.05, 4.69) is 73.7 Å². The first-order chi connectivity index (χ1) is 24.7. The normalized spacial score (nSPS) is 17.4. The molecule has 0 heterocycles. The van der Waals surface area contributed by atoms with Crippen molar-refractivity contribution in [3.63, 3.8) is 0 Å². The molecule has 2 atom stereocenters. The molecule has 0 saturated carbocycles. The summed E-state index contributed by atoms with van der Waals surface area (Å²) in [4.78, 5) is 20.4. The van der Waals surface area contributed by atoms with E-state index in [1.807, 2.05) is 64.1 Å². The van der Waals surface area contributed by atoms with E-state index < -0.39 is 19.1 Å². The summed E-state index contributed by atoms with van der Waals surface area (Å²) in [7, 11) is -1.64. The van der Waals surface area contributed by atoms with Gasteiger partial charge in [-0.05, 0) is 91.1 Å². The van der Waals surface area contributed by atoms with E-state index in [-0.39, 0.29) is 19.0 Å². The minimum atomic E-state index is -1.64. The first kappa shape index (κ1) is 43.2. The number of allylic oxidation sites excluding steroid dienone is 7. The van der Waals surface area contributed by atoms with Crippen molar-refractivity contribution in [2.75, 3.05) is 26.2 Å². The zero-order chi connectivity index (χ0) is 37.9. The van der Waals surface area contributed by atoms with Gasteiger partial charge in [-0.3, -0.25) is 9.69 Å². The molecule has 0 bridgehead atoms. The van der Waals surface area contributed by atoms with Gasteiger partial charge in [-0.1, -0.05) is 119 Å². The highest BCUT2D eigenvalue weighted by molar-refractivity contribution is 6.59. The summed E-state index contributed by atoms with van der Waals surface area (Å²) >= 11 is 0. The minimum Gasteiger partial charge on any atom is -0.423 e. The van der Waals surface area contributed by atoms with Crippen LogP contribution in [0.3, 0.4) is 0 Å². The molecular weight excluding hydrogens is 633 g/mol. The number of hydrogen-bond donors (Lipinski definition) is 3. The lowest BCUT2D eigenvalue weighted by molar-refractivity contribution is -0.131. The lowest BCUT2D eigenvalue weighted by Crippen LogP contribution is -2.42. The standard InChI is InChI=1S/C41H54BN3O4.C2H6/c1-8-18-36-33(12-5)34(13-6)38(37(36)19-9-2)28-49-40(41(46)44-29(7)24-43)27-45(26-32-21-15-17-23-39(32)42(47)48)25-31(11-4)35-22-16-14-20-30(35)10-3;1-2/h9-17,19-23,38,40,47-48H,3,8,18,24-28,43H2,1-2,4-7H3;1-2H3/b19-9-,31-11-,33-12+,34-13+,44-29?;. The molecule has 1 aliphatic rings. The van der Waals surface area contributed by atoms with Gasteiger partial charge >= 0.3 is 7.12 Å². The van der Waals surface area contributed by atoms with Crippen LogP contribution in [0.15, 0.2) is 113 Å². The molecule has 7 nitrogen and oxygen atoms in total. The van der Waals surface area contributed by atoms with Crippen LogP contribution in [-0.4, -0.2) is 66.0 Å². The van der Waals surface area contributed by atoms with Crippen LogP contribution < -0.4 is 11.2 Å². The summed E-state index contributed by atoms with van der Waals surface area (Å²) in [6.07, 6.45) is 13.5. The van der Waals surface area contributed by atoms with Crippen LogP contribution in [0.4, 0.5) is 0 Å². The van der Waals surface area contributed by atoms with Crippen LogP contribution >= 0.6 is 0 Å². The van der Waals surface area contributed by atoms with E-state index in [0.717, 1.165) is 35.1 Å². The number of nitrogens with zero attached hydrogens (tertiary/aromatic N) is 2. The Bertz CT molecular complexity index is 1630. The van der Waals surface area contributed by atoms with Crippen molar-refractivity contribution in [1.29, 1.82) is 0 Å². The highest BCUT2D eigenvalue weighted by Crippen LogP contribution is 2.44. The van der Waals surface area contributed by atoms with E-state index >= 15 is 0 Å². The van der Waals surface area contributed by atoms with Gasteiger partial charge in [-0.2, -0.15) is 0 Å². The van der Waals surface area contributed by atoms with Gasteiger partial charge in [0.25, 0.3) is 5.91 Å². The molecule has 0 radical (unpaired) electrons. The predicted octanol–water partition coefficient (Wildman–Crippen LogP) is 7.47. The lowest BCUT2D eigenvalue weighted by atomic mass is 9.77. The number of benzene rings is 2. The zero-order valence-electron chi connectivity index (χ0n) is 32.2. The fraction of sp³-hybridized carbons (Fsp3) is 0.395. The summed E-state index contributed by atoms with van der Waals surface area (Å²) in [6, 6.07) is 15.3. The zero-order valence-corrected chi connectivity index (χ0v) is 32.2. The molecule has 2 unspecified atom stereocenters. The third kappa shape index (κ3) is 11.8. The molecule has 8 heteroatoms. The molecule has 274 valence electrons. The molecule has 0 spiro atoms. The highest BCUT2D eigenvalue weighted by Gasteiger charge is 2.34. The number of carbonyl (C=O) groups is 1. The topological polar surface area (TPSA) is 108 Å². The number of carbonyl (C=O) groups excluding carboxylic acids is 1. The maximum Gasteiger partial charge on any atom is 0.488 e. The van der Waals surface area contributed by atoms with Gasteiger partial charge in [0, 0.05) is 37.8 Å². The van der Waals surface area contributed by atoms with Gasteiger partial charge in [0.2, 0.25) is 0 Å². The Morgan fingerprint density at radius 2 is 1.76 bits per heavy atom. The van der Waals surface area contributed by atoms with Gasteiger partial charge in [0.05, 0.1) is 6.61 Å². The van der Waals surface area contributed by atoms with Crippen LogP contribution in [0, 0.1) is 5.92 Å². The van der Waals surface area contributed by atoms with E-state index in [1.54, 1.807) is 19.1 Å². The highest BCUT2D eigenvalue weighted by atomic mass is 16.5. The molecular formula is C43H60BN3O4. The number of rotatable bonds is 17. The minimum absolute atomic E-state index is 0.0342. The second kappa shape index (κ2) is 22.8. The molecule has 0 fully saturated rings. The molecule has 0 saturated heterocycles. The van der Waals surface area contributed by atoms with Gasteiger partial charge in [-0.15, -0.1) is 0 Å². The van der Waals surface area contributed by atoms with Crippen molar-refractivity contribution < 1.29 is 19.6 Å². The third-order valence-corrected chi connectivity index (χ3v) is 8.94. The summed E-state index contributed by atoms with van der Waals surface area (Å²) in [5.41, 5.74) is 15.6. The second-order valence-electron chi connectivity index (χ2n) is 12.2. The Balaban J connectivity index is 0.00000442. The van der Waals surface area contributed by atoms with Crippen molar-refractivity contribution in [2.45, 2.75) is 80.9 Å². The van der Waals surface area contributed by atoms with Crippen molar-refractivity contribution in [2.24, 2.45) is 16.6 Å². The Hall–Kier alpha value is -3.92. The molecule has 3 rings (SSSR count). The largest absolute Gasteiger partial charge is 0.488 e. The van der Waals surface area contributed by atoms with Crippen LogP contribution in [0.1, 0.15) is 84.9 Å². The number of amides is 1. The summed E-state index contributed by atoms with van der Waals surface area (Å²) in [5.74, 6) is -0.429. The predicted molar refractivity (Wildman–Crippen MR) is 218 cm³/mol. The smallest absolute Gasteiger partial charge is 0.423 e. The second-order valence-corrected chi connectivity index (χ2v) is 12.2. The van der Waals surface area contributed by atoms with Gasteiger partial charge in [0.15, 0.2) is 6.10 Å². The average molecular weight is 694 g/mol. The van der Waals surface area contributed by atoms with E-state index in [0.29, 0.717) is 30.9 Å². The monoisotopic (exact) mass is 693 g/mol. The average Bonchev–Trinajstić information content (AvgIpc) is 3.43. The van der Waals surface area contributed by atoms with Crippen LogP contribution in [-0.2, 0) is 16.1 Å². The first-order valence-electron chi connectivity index (χ1n) is 18.3.